The molecule has 3 saturated heterocycles. The number of rotatable bonds is 4. The van der Waals surface area contributed by atoms with Gasteiger partial charge in [0.2, 0.25) is 0 Å². The van der Waals surface area contributed by atoms with Crippen LogP contribution in [0.3, 0.4) is 0 Å². The van der Waals surface area contributed by atoms with E-state index in [0.717, 1.165) is 12.4 Å². The highest BCUT2D eigenvalue weighted by molar-refractivity contribution is 6.30. The number of ether oxygens (including phenoxy) is 1. The second-order valence-electron chi connectivity index (χ2n) is 8.36. The molecule has 3 aliphatic heterocycles. The van der Waals surface area contributed by atoms with E-state index in [1.54, 1.807) is 6.20 Å². The van der Waals surface area contributed by atoms with Gasteiger partial charge in [0.15, 0.2) is 5.82 Å². The first kappa shape index (κ1) is 18.1. The minimum atomic E-state index is -0.385. The van der Waals surface area contributed by atoms with E-state index in [4.69, 9.17) is 20.9 Å². The highest BCUT2D eigenvalue weighted by Gasteiger charge is 2.63. The quantitative estimate of drug-likeness (QED) is 0.825. The van der Waals surface area contributed by atoms with Crippen LogP contribution in [-0.2, 0) is 4.74 Å². The molecule has 2 aromatic rings. The molecule has 0 aliphatic carbocycles. The molecule has 1 N–H and O–H groups in total. The summed E-state index contributed by atoms with van der Waals surface area (Å²) in [6.45, 7) is 7.02. The Balaban J connectivity index is 1.43. The Bertz CT molecular complexity index is 860. The van der Waals surface area contributed by atoms with Crippen LogP contribution in [0.25, 0.3) is 0 Å². The van der Waals surface area contributed by atoms with Gasteiger partial charge in [0, 0.05) is 43.6 Å². The molecule has 28 heavy (non-hydrogen) atoms. The van der Waals surface area contributed by atoms with Crippen LogP contribution in [-0.4, -0.2) is 64.7 Å². The van der Waals surface area contributed by atoms with E-state index >= 15 is 0 Å². The van der Waals surface area contributed by atoms with Gasteiger partial charge in [-0.15, -0.1) is 0 Å². The molecule has 3 aliphatic rings. The largest absolute Gasteiger partial charge is 0.396 e. The molecule has 1 spiro atoms. The number of aliphatic hydroxyl groups excluding tert-OH is 1. The van der Waals surface area contributed by atoms with Crippen LogP contribution in [0.1, 0.15) is 25.6 Å². The maximum Gasteiger partial charge on any atom is 0.324 e. The van der Waals surface area contributed by atoms with Gasteiger partial charge in [0.1, 0.15) is 11.4 Å². The second-order valence-corrected chi connectivity index (χ2v) is 8.80. The number of morpholine rings is 1. The summed E-state index contributed by atoms with van der Waals surface area (Å²) in [6, 6.07) is 4.32. The summed E-state index contributed by atoms with van der Waals surface area (Å²) >= 11 is 5.99. The van der Waals surface area contributed by atoms with Gasteiger partial charge in [0.05, 0.1) is 24.2 Å². The molecule has 3 fully saturated rings. The number of fused-ring (bicyclic) bond motifs is 1. The first-order chi connectivity index (χ1) is 13.5. The van der Waals surface area contributed by atoms with Gasteiger partial charge in [-0.25, -0.2) is 4.98 Å². The van der Waals surface area contributed by atoms with Crippen LogP contribution in [0.2, 0.25) is 5.02 Å². The molecule has 5 heterocycles. The van der Waals surface area contributed by atoms with Crippen molar-refractivity contribution in [1.29, 1.82) is 0 Å². The zero-order valence-corrected chi connectivity index (χ0v) is 16.7. The number of aromatic nitrogens is 3. The lowest BCUT2D eigenvalue weighted by molar-refractivity contribution is -0.0562. The summed E-state index contributed by atoms with van der Waals surface area (Å²) in [4.78, 5) is 13.4. The van der Waals surface area contributed by atoms with Crippen LogP contribution in [0.4, 0.5) is 11.8 Å². The van der Waals surface area contributed by atoms with E-state index in [0.29, 0.717) is 36.5 Å². The topological polar surface area (TPSA) is 87.8 Å². The predicted octanol–water partition coefficient (Wildman–Crippen LogP) is 1.94. The van der Waals surface area contributed by atoms with E-state index in [-0.39, 0.29) is 36.1 Å². The molecule has 150 valence electrons. The predicted molar refractivity (Wildman–Crippen MR) is 104 cm³/mol. The van der Waals surface area contributed by atoms with Crippen molar-refractivity contribution in [3.8, 4) is 0 Å². The van der Waals surface area contributed by atoms with Crippen LogP contribution in [0.15, 0.2) is 22.9 Å². The van der Waals surface area contributed by atoms with E-state index in [1.807, 2.05) is 26.0 Å². The zero-order valence-electron chi connectivity index (χ0n) is 16.0. The summed E-state index contributed by atoms with van der Waals surface area (Å²) in [6.07, 6.45) is 1.62. The number of halogens is 1. The van der Waals surface area contributed by atoms with Gasteiger partial charge >= 0.3 is 6.01 Å². The maximum absolute atomic E-state index is 10.1. The second kappa shape index (κ2) is 6.57. The molecule has 0 aromatic carbocycles. The van der Waals surface area contributed by atoms with Gasteiger partial charge in [-0.3, -0.25) is 0 Å². The number of nitrogens with zero attached hydrogens (tertiary/aromatic N) is 5. The third-order valence-electron chi connectivity index (χ3n) is 6.26. The molecular formula is C19H24ClN5O3. The third kappa shape index (κ3) is 2.77. The minimum absolute atomic E-state index is 0.0431. The number of hydrogen-bond donors (Lipinski definition) is 1. The smallest absolute Gasteiger partial charge is 0.324 e. The molecule has 9 heteroatoms. The SMILES string of the molecule is CC(C)c1noc(N2C[C@H]3O[C@@]4(CN(c5ccc(Cl)cn5)C[C@@H]4[C@@H]3CO)C2)n1. The zero-order chi connectivity index (χ0) is 19.5. The van der Waals surface area contributed by atoms with Crippen LogP contribution >= 0.6 is 11.6 Å². The number of aliphatic hydroxyl groups is 1. The van der Waals surface area contributed by atoms with Crippen molar-refractivity contribution in [3.63, 3.8) is 0 Å². The van der Waals surface area contributed by atoms with Crippen molar-refractivity contribution in [1.82, 2.24) is 15.1 Å². The van der Waals surface area contributed by atoms with Crippen LogP contribution in [0, 0.1) is 11.8 Å². The molecule has 2 aromatic heterocycles. The summed E-state index contributed by atoms with van der Waals surface area (Å²) in [5.41, 5.74) is -0.385. The van der Waals surface area contributed by atoms with E-state index in [2.05, 4.69) is 24.9 Å². The molecule has 5 rings (SSSR count). The highest BCUT2D eigenvalue weighted by atomic mass is 35.5. The molecular weight excluding hydrogens is 382 g/mol. The normalized spacial score (nSPS) is 31.7. The fourth-order valence-corrected chi connectivity index (χ4v) is 5.01. The molecule has 0 amide bonds. The molecule has 0 radical (unpaired) electrons. The monoisotopic (exact) mass is 405 g/mol. The van der Waals surface area contributed by atoms with Gasteiger partial charge in [-0.05, 0) is 12.1 Å². The first-order valence-corrected chi connectivity index (χ1v) is 10.1. The van der Waals surface area contributed by atoms with E-state index in [9.17, 15) is 5.11 Å². The Kier molecular flexibility index (Phi) is 4.26. The maximum atomic E-state index is 10.1. The Morgan fingerprint density at radius 2 is 2.11 bits per heavy atom. The van der Waals surface area contributed by atoms with Gasteiger partial charge in [0.25, 0.3) is 0 Å². The first-order valence-electron chi connectivity index (χ1n) is 9.73. The standard InChI is InChI=1S/C19H24ClN5O3/c1-11(2)17-22-18(28-23-17)25-7-15-13(8-26)14-6-24(9-19(14,10-25)27-15)16-4-3-12(20)5-21-16/h3-5,11,13-15,26H,6-10H2,1-2H3/t13-,14+,15+,19-/m0/s1. The summed E-state index contributed by atoms with van der Waals surface area (Å²) in [7, 11) is 0. The molecule has 4 atom stereocenters. The number of hydrogen-bond acceptors (Lipinski definition) is 8. The van der Waals surface area contributed by atoms with E-state index in [1.165, 1.54) is 0 Å². The Hall–Kier alpha value is -1.90. The minimum Gasteiger partial charge on any atom is -0.396 e. The lowest BCUT2D eigenvalue weighted by atomic mass is 9.83. The average Bonchev–Trinajstić information content (AvgIpc) is 3.33. The summed E-state index contributed by atoms with van der Waals surface area (Å²) < 4.78 is 12.0. The summed E-state index contributed by atoms with van der Waals surface area (Å²) in [5, 5.41) is 14.8. The van der Waals surface area contributed by atoms with Gasteiger partial charge in [-0.1, -0.05) is 30.6 Å². The average molecular weight is 406 g/mol. The van der Waals surface area contributed by atoms with Crippen LogP contribution in [0.5, 0.6) is 0 Å². The Labute approximate surface area is 168 Å². The lowest BCUT2D eigenvalue weighted by Crippen LogP contribution is -2.54. The van der Waals surface area contributed by atoms with Gasteiger partial charge < -0.3 is 24.2 Å². The molecule has 0 saturated carbocycles. The van der Waals surface area contributed by atoms with E-state index < -0.39 is 0 Å². The molecule has 2 bridgehead atoms. The van der Waals surface area contributed by atoms with Crippen molar-refractivity contribution in [2.75, 3.05) is 42.6 Å². The number of anilines is 2. The Morgan fingerprint density at radius 1 is 1.29 bits per heavy atom. The Morgan fingerprint density at radius 3 is 2.79 bits per heavy atom. The van der Waals surface area contributed by atoms with Crippen molar-refractivity contribution >= 4 is 23.4 Å². The fourth-order valence-electron chi connectivity index (χ4n) is 4.90. The number of pyridine rings is 1. The van der Waals surface area contributed by atoms with Gasteiger partial charge in [-0.2, -0.15) is 4.98 Å². The molecule has 8 nitrogen and oxygen atoms in total. The molecule has 0 unspecified atom stereocenters. The third-order valence-corrected chi connectivity index (χ3v) is 6.48. The summed E-state index contributed by atoms with van der Waals surface area (Å²) in [5.74, 6) is 2.10. The lowest BCUT2D eigenvalue weighted by Gasteiger charge is -2.39. The van der Waals surface area contributed by atoms with Crippen LogP contribution < -0.4 is 9.80 Å². The van der Waals surface area contributed by atoms with Crippen molar-refractivity contribution in [2.45, 2.75) is 31.5 Å². The highest BCUT2D eigenvalue weighted by Crippen LogP contribution is 2.50. The van der Waals surface area contributed by atoms with Crippen molar-refractivity contribution in [3.05, 3.63) is 29.2 Å². The fraction of sp³-hybridized carbons (Fsp3) is 0.632. The van der Waals surface area contributed by atoms with Crippen molar-refractivity contribution in [2.24, 2.45) is 11.8 Å². The van der Waals surface area contributed by atoms with Crippen molar-refractivity contribution < 1.29 is 14.4 Å².